The van der Waals surface area contributed by atoms with Gasteiger partial charge in [-0.1, -0.05) is 52.4 Å². The SMILES string of the molecule is Cc1ocnc1C(=O)Nc1nnc(SCc2c(Cl)cccc2Cl)s1. The standard InChI is InChI=1S/C14H10Cl2N4O2S2/c1-7-11(17-6-22-7)12(21)18-13-19-20-14(24-13)23-5-8-9(15)3-2-4-10(8)16/h2-4,6H,5H2,1H3,(H,18,19,21). The fraction of sp³-hybridized carbons (Fsp3) is 0.143. The second kappa shape index (κ2) is 7.52. The third-order valence-electron chi connectivity index (χ3n) is 2.99. The van der Waals surface area contributed by atoms with Gasteiger partial charge in [-0.15, -0.1) is 10.2 Å². The summed E-state index contributed by atoms with van der Waals surface area (Å²) in [6.07, 6.45) is 1.22. The van der Waals surface area contributed by atoms with E-state index in [9.17, 15) is 4.79 Å². The molecule has 6 nitrogen and oxygen atoms in total. The molecular weight excluding hydrogens is 391 g/mol. The lowest BCUT2D eigenvalue weighted by Gasteiger charge is -2.04. The van der Waals surface area contributed by atoms with Crippen LogP contribution in [0.2, 0.25) is 10.0 Å². The molecule has 3 rings (SSSR count). The van der Waals surface area contributed by atoms with Crippen LogP contribution in [0.25, 0.3) is 0 Å². The molecule has 0 aliphatic heterocycles. The molecule has 0 fully saturated rings. The van der Waals surface area contributed by atoms with E-state index < -0.39 is 0 Å². The first kappa shape index (κ1) is 17.2. The zero-order valence-electron chi connectivity index (χ0n) is 12.2. The second-order valence-electron chi connectivity index (χ2n) is 4.57. The minimum absolute atomic E-state index is 0.224. The molecule has 0 saturated carbocycles. The highest BCUT2D eigenvalue weighted by atomic mass is 35.5. The number of carbonyl (C=O) groups is 1. The second-order valence-corrected chi connectivity index (χ2v) is 7.59. The van der Waals surface area contributed by atoms with Gasteiger partial charge in [0.2, 0.25) is 5.13 Å². The van der Waals surface area contributed by atoms with Crippen molar-refractivity contribution >= 4 is 57.3 Å². The topological polar surface area (TPSA) is 80.9 Å². The van der Waals surface area contributed by atoms with Gasteiger partial charge in [0.15, 0.2) is 16.4 Å². The van der Waals surface area contributed by atoms with Gasteiger partial charge in [0.05, 0.1) is 0 Å². The van der Waals surface area contributed by atoms with Crippen molar-refractivity contribution in [3.63, 3.8) is 0 Å². The van der Waals surface area contributed by atoms with E-state index in [0.717, 1.165) is 5.56 Å². The highest BCUT2D eigenvalue weighted by Crippen LogP contribution is 2.33. The van der Waals surface area contributed by atoms with Crippen molar-refractivity contribution in [2.75, 3.05) is 5.32 Å². The lowest BCUT2D eigenvalue weighted by Crippen LogP contribution is -2.13. The van der Waals surface area contributed by atoms with Crippen molar-refractivity contribution in [2.24, 2.45) is 0 Å². The Hall–Kier alpha value is -1.61. The summed E-state index contributed by atoms with van der Waals surface area (Å²) in [5.41, 5.74) is 1.06. The molecule has 124 valence electrons. The summed E-state index contributed by atoms with van der Waals surface area (Å²) in [6.45, 7) is 1.66. The van der Waals surface area contributed by atoms with E-state index in [-0.39, 0.29) is 11.6 Å². The number of aryl methyl sites for hydroxylation is 1. The van der Waals surface area contributed by atoms with E-state index in [4.69, 9.17) is 27.6 Å². The number of hydrogen-bond donors (Lipinski definition) is 1. The van der Waals surface area contributed by atoms with Crippen molar-refractivity contribution in [1.29, 1.82) is 0 Å². The summed E-state index contributed by atoms with van der Waals surface area (Å²) in [5, 5.41) is 12.2. The number of hydrogen-bond acceptors (Lipinski definition) is 7. The number of thioether (sulfide) groups is 1. The summed E-state index contributed by atoms with van der Waals surface area (Å²) in [6, 6.07) is 5.37. The Morgan fingerprint density at radius 2 is 2.08 bits per heavy atom. The number of halogens is 2. The van der Waals surface area contributed by atoms with Gasteiger partial charge in [0.1, 0.15) is 5.76 Å². The molecule has 0 aliphatic rings. The van der Waals surface area contributed by atoms with Gasteiger partial charge >= 0.3 is 0 Å². The third-order valence-corrected chi connectivity index (χ3v) is 5.70. The largest absolute Gasteiger partial charge is 0.448 e. The molecule has 0 spiro atoms. The fourth-order valence-electron chi connectivity index (χ4n) is 1.80. The van der Waals surface area contributed by atoms with Crippen LogP contribution in [0, 0.1) is 6.92 Å². The molecule has 2 heterocycles. The molecule has 2 aromatic heterocycles. The molecule has 3 aromatic rings. The number of benzene rings is 1. The van der Waals surface area contributed by atoms with Crippen molar-refractivity contribution in [3.8, 4) is 0 Å². The van der Waals surface area contributed by atoms with Gasteiger partial charge in [0, 0.05) is 15.8 Å². The molecular formula is C14H10Cl2N4O2S2. The monoisotopic (exact) mass is 400 g/mol. The zero-order chi connectivity index (χ0) is 17.1. The van der Waals surface area contributed by atoms with Gasteiger partial charge < -0.3 is 4.42 Å². The highest BCUT2D eigenvalue weighted by Gasteiger charge is 2.16. The maximum Gasteiger partial charge on any atom is 0.279 e. The maximum atomic E-state index is 12.0. The van der Waals surface area contributed by atoms with Crippen LogP contribution in [0.3, 0.4) is 0 Å². The first-order valence-corrected chi connectivity index (χ1v) is 9.21. The number of anilines is 1. The van der Waals surface area contributed by atoms with Crippen LogP contribution >= 0.6 is 46.3 Å². The average Bonchev–Trinajstić information content (AvgIpc) is 3.16. The summed E-state index contributed by atoms with van der Waals surface area (Å²) in [5.74, 6) is 0.617. The van der Waals surface area contributed by atoms with Crippen LogP contribution in [0.1, 0.15) is 21.8 Å². The van der Waals surface area contributed by atoms with Crippen molar-refractivity contribution in [3.05, 3.63) is 51.7 Å². The number of nitrogens with one attached hydrogen (secondary N) is 1. The molecule has 0 atom stereocenters. The van der Waals surface area contributed by atoms with Crippen LogP contribution in [0.4, 0.5) is 5.13 Å². The number of carbonyl (C=O) groups excluding carboxylic acids is 1. The van der Waals surface area contributed by atoms with Crippen molar-refractivity contribution in [1.82, 2.24) is 15.2 Å². The van der Waals surface area contributed by atoms with E-state index in [0.29, 0.717) is 31.0 Å². The Morgan fingerprint density at radius 3 is 2.75 bits per heavy atom. The molecule has 0 saturated heterocycles. The number of oxazole rings is 1. The summed E-state index contributed by atoms with van der Waals surface area (Å²) >= 11 is 15.0. The third kappa shape index (κ3) is 3.89. The first-order chi connectivity index (χ1) is 11.5. The number of rotatable bonds is 5. The number of amides is 1. The minimum Gasteiger partial charge on any atom is -0.448 e. The quantitative estimate of drug-likeness (QED) is 0.494. The molecule has 24 heavy (non-hydrogen) atoms. The van der Waals surface area contributed by atoms with E-state index >= 15 is 0 Å². The Balaban J connectivity index is 1.64. The molecule has 1 aromatic carbocycles. The van der Waals surface area contributed by atoms with E-state index in [2.05, 4.69) is 20.5 Å². The molecule has 0 unspecified atom stereocenters. The first-order valence-electron chi connectivity index (χ1n) is 6.65. The van der Waals surface area contributed by atoms with Crippen LogP contribution in [-0.4, -0.2) is 21.1 Å². The zero-order valence-corrected chi connectivity index (χ0v) is 15.4. The molecule has 10 heteroatoms. The van der Waals surface area contributed by atoms with E-state index in [1.165, 1.54) is 29.5 Å². The molecule has 0 radical (unpaired) electrons. The van der Waals surface area contributed by atoms with Gasteiger partial charge in [-0.05, 0) is 24.6 Å². The lowest BCUT2D eigenvalue weighted by atomic mass is 10.2. The van der Waals surface area contributed by atoms with Crippen LogP contribution < -0.4 is 5.32 Å². The average molecular weight is 401 g/mol. The molecule has 1 amide bonds. The van der Waals surface area contributed by atoms with Crippen molar-refractivity contribution < 1.29 is 9.21 Å². The predicted octanol–water partition coefficient (Wildman–Crippen LogP) is 4.69. The fourth-order valence-corrected chi connectivity index (χ4v) is 4.29. The summed E-state index contributed by atoms with van der Waals surface area (Å²) in [7, 11) is 0. The maximum absolute atomic E-state index is 12.0. The molecule has 0 aliphatic carbocycles. The van der Waals surface area contributed by atoms with E-state index in [1.807, 2.05) is 0 Å². The Bertz CT molecular complexity index is 861. The highest BCUT2D eigenvalue weighted by molar-refractivity contribution is 8.00. The number of aromatic nitrogens is 3. The summed E-state index contributed by atoms with van der Waals surface area (Å²) < 4.78 is 5.70. The minimum atomic E-state index is -0.386. The van der Waals surface area contributed by atoms with E-state index in [1.54, 1.807) is 25.1 Å². The summed E-state index contributed by atoms with van der Waals surface area (Å²) in [4.78, 5) is 15.9. The lowest BCUT2D eigenvalue weighted by molar-refractivity contribution is 0.102. The van der Waals surface area contributed by atoms with Crippen LogP contribution in [0.15, 0.2) is 33.3 Å². The van der Waals surface area contributed by atoms with Crippen LogP contribution in [-0.2, 0) is 5.75 Å². The Kier molecular flexibility index (Phi) is 5.40. The van der Waals surface area contributed by atoms with Gasteiger partial charge in [-0.25, -0.2) is 4.98 Å². The van der Waals surface area contributed by atoms with Crippen LogP contribution in [0.5, 0.6) is 0 Å². The molecule has 1 N–H and O–H groups in total. The smallest absolute Gasteiger partial charge is 0.279 e. The van der Waals surface area contributed by atoms with Gasteiger partial charge in [0.25, 0.3) is 5.91 Å². The normalized spacial score (nSPS) is 10.8. The van der Waals surface area contributed by atoms with Gasteiger partial charge in [-0.2, -0.15) is 0 Å². The Morgan fingerprint density at radius 1 is 1.33 bits per heavy atom. The Labute approximate surface area is 155 Å². The molecule has 0 bridgehead atoms. The predicted molar refractivity (Wildman–Crippen MR) is 95.1 cm³/mol. The number of nitrogens with zero attached hydrogens (tertiary/aromatic N) is 3. The van der Waals surface area contributed by atoms with Crippen molar-refractivity contribution in [2.45, 2.75) is 17.0 Å². The van der Waals surface area contributed by atoms with Gasteiger partial charge in [-0.3, -0.25) is 10.1 Å².